The average molecular weight is 286 g/mol. The van der Waals surface area contributed by atoms with Gasteiger partial charge in [-0.2, -0.15) is 0 Å². The zero-order chi connectivity index (χ0) is 14.9. The summed E-state index contributed by atoms with van der Waals surface area (Å²) in [5.41, 5.74) is 7.33. The molecule has 0 amide bonds. The van der Waals surface area contributed by atoms with Gasteiger partial charge in [0.15, 0.2) is 0 Å². The van der Waals surface area contributed by atoms with Crippen LogP contribution in [-0.2, 0) is 0 Å². The molecule has 0 fully saturated rings. The summed E-state index contributed by atoms with van der Waals surface area (Å²) in [4.78, 5) is 0. The van der Waals surface area contributed by atoms with E-state index >= 15 is 0 Å². The maximum Gasteiger partial charge on any atom is 0.148 e. The van der Waals surface area contributed by atoms with Crippen molar-refractivity contribution in [3.05, 3.63) is 36.4 Å². The number of aromatic nitrogens is 2. The molecule has 1 aromatic carbocycles. The van der Waals surface area contributed by atoms with Gasteiger partial charge < -0.3 is 15.8 Å². The fourth-order valence-electron chi connectivity index (χ4n) is 1.84. The molecule has 21 heavy (non-hydrogen) atoms. The van der Waals surface area contributed by atoms with E-state index in [0.29, 0.717) is 6.54 Å². The Morgan fingerprint density at radius 2 is 1.90 bits per heavy atom. The number of hydrogen-bond donors (Lipinski definition) is 2. The van der Waals surface area contributed by atoms with Gasteiger partial charge in [-0.05, 0) is 55.8 Å². The van der Waals surface area contributed by atoms with E-state index < -0.39 is 0 Å². The summed E-state index contributed by atoms with van der Waals surface area (Å²) in [6.45, 7) is 4.31. The van der Waals surface area contributed by atoms with Gasteiger partial charge in [-0.15, -0.1) is 10.2 Å². The second kappa shape index (κ2) is 8.21. The molecule has 3 N–H and O–H groups in total. The molecule has 0 spiro atoms. The molecule has 0 aliphatic carbocycles. The lowest BCUT2D eigenvalue weighted by molar-refractivity contribution is 0.317. The van der Waals surface area contributed by atoms with Crippen LogP contribution in [0.2, 0.25) is 0 Å². The van der Waals surface area contributed by atoms with Crippen molar-refractivity contribution in [2.45, 2.75) is 19.8 Å². The van der Waals surface area contributed by atoms with Crippen LogP contribution in [0, 0.1) is 0 Å². The summed E-state index contributed by atoms with van der Waals surface area (Å²) in [6, 6.07) is 11.8. The topological polar surface area (TPSA) is 73.1 Å². The standard InChI is InChI=1S/C16H22N4O/c1-2-12-21-14-6-4-13(5-7-14)15-8-9-16(20-19-15)18-11-3-10-17/h4-9H,2-3,10-12,17H2,1H3,(H,18,20). The molecule has 0 unspecified atom stereocenters. The molecule has 0 radical (unpaired) electrons. The number of benzene rings is 1. The summed E-state index contributed by atoms with van der Waals surface area (Å²) in [5.74, 6) is 1.66. The molecule has 2 rings (SSSR count). The van der Waals surface area contributed by atoms with Gasteiger partial charge in [0.2, 0.25) is 0 Å². The lowest BCUT2D eigenvalue weighted by atomic mass is 10.1. The highest BCUT2D eigenvalue weighted by Gasteiger charge is 2.02. The highest BCUT2D eigenvalue weighted by Crippen LogP contribution is 2.21. The van der Waals surface area contributed by atoms with Crippen LogP contribution in [-0.4, -0.2) is 29.9 Å². The largest absolute Gasteiger partial charge is 0.494 e. The SMILES string of the molecule is CCCOc1ccc(-c2ccc(NCCCN)nn2)cc1. The molecular weight excluding hydrogens is 264 g/mol. The quantitative estimate of drug-likeness (QED) is 0.730. The Morgan fingerprint density at radius 1 is 1.10 bits per heavy atom. The van der Waals surface area contributed by atoms with E-state index in [1.165, 1.54) is 0 Å². The first-order chi connectivity index (χ1) is 10.3. The van der Waals surface area contributed by atoms with Gasteiger partial charge >= 0.3 is 0 Å². The van der Waals surface area contributed by atoms with Crippen molar-refractivity contribution in [2.24, 2.45) is 5.73 Å². The van der Waals surface area contributed by atoms with Crippen LogP contribution in [0.1, 0.15) is 19.8 Å². The van der Waals surface area contributed by atoms with E-state index in [1.807, 2.05) is 36.4 Å². The van der Waals surface area contributed by atoms with Crippen molar-refractivity contribution < 1.29 is 4.74 Å². The van der Waals surface area contributed by atoms with E-state index in [9.17, 15) is 0 Å². The van der Waals surface area contributed by atoms with Crippen molar-refractivity contribution in [3.8, 4) is 17.0 Å². The third-order valence-electron chi connectivity index (χ3n) is 2.97. The summed E-state index contributed by atoms with van der Waals surface area (Å²) >= 11 is 0. The average Bonchev–Trinajstić information content (AvgIpc) is 2.54. The van der Waals surface area contributed by atoms with Crippen molar-refractivity contribution in [1.82, 2.24) is 10.2 Å². The molecular formula is C16H22N4O. The molecule has 0 aliphatic heterocycles. The Balaban J connectivity index is 1.97. The van der Waals surface area contributed by atoms with Crippen molar-refractivity contribution in [3.63, 3.8) is 0 Å². The Kier molecular flexibility index (Phi) is 5.97. The summed E-state index contributed by atoms with van der Waals surface area (Å²) < 4.78 is 5.56. The van der Waals surface area contributed by atoms with Crippen molar-refractivity contribution in [2.75, 3.05) is 25.0 Å². The van der Waals surface area contributed by atoms with Crippen molar-refractivity contribution in [1.29, 1.82) is 0 Å². The first-order valence-electron chi connectivity index (χ1n) is 7.34. The third kappa shape index (κ3) is 4.72. The second-order valence-corrected chi connectivity index (χ2v) is 4.75. The zero-order valence-electron chi connectivity index (χ0n) is 12.4. The number of anilines is 1. The molecule has 0 atom stereocenters. The predicted molar refractivity (Wildman–Crippen MR) is 85.4 cm³/mol. The molecule has 0 saturated heterocycles. The fraction of sp³-hybridized carbons (Fsp3) is 0.375. The first kappa shape index (κ1) is 15.3. The maximum atomic E-state index is 5.56. The highest BCUT2D eigenvalue weighted by atomic mass is 16.5. The smallest absolute Gasteiger partial charge is 0.148 e. The van der Waals surface area contributed by atoms with Gasteiger partial charge in [0.1, 0.15) is 11.6 Å². The molecule has 5 nitrogen and oxygen atoms in total. The molecule has 112 valence electrons. The van der Waals surface area contributed by atoms with E-state index in [4.69, 9.17) is 10.5 Å². The number of nitrogens with zero attached hydrogens (tertiary/aromatic N) is 2. The molecule has 2 aromatic rings. The second-order valence-electron chi connectivity index (χ2n) is 4.75. The minimum absolute atomic E-state index is 0.672. The Morgan fingerprint density at radius 3 is 2.52 bits per heavy atom. The molecule has 1 heterocycles. The van der Waals surface area contributed by atoms with Crippen LogP contribution >= 0.6 is 0 Å². The number of nitrogens with one attached hydrogen (secondary N) is 1. The van der Waals surface area contributed by atoms with E-state index in [0.717, 1.165) is 48.8 Å². The number of nitrogens with two attached hydrogens (primary N) is 1. The van der Waals surface area contributed by atoms with Crippen LogP contribution in [0.5, 0.6) is 5.75 Å². The first-order valence-corrected chi connectivity index (χ1v) is 7.34. The van der Waals surface area contributed by atoms with Gasteiger partial charge in [-0.25, -0.2) is 0 Å². The monoisotopic (exact) mass is 286 g/mol. The van der Waals surface area contributed by atoms with Crippen molar-refractivity contribution >= 4 is 5.82 Å². The van der Waals surface area contributed by atoms with Gasteiger partial charge in [-0.1, -0.05) is 6.92 Å². The highest BCUT2D eigenvalue weighted by molar-refractivity contribution is 5.60. The van der Waals surface area contributed by atoms with E-state index in [2.05, 4.69) is 22.4 Å². The number of rotatable bonds is 8. The van der Waals surface area contributed by atoms with Crippen LogP contribution in [0.3, 0.4) is 0 Å². The van der Waals surface area contributed by atoms with Crippen LogP contribution in [0.25, 0.3) is 11.3 Å². The summed E-state index contributed by atoms with van der Waals surface area (Å²) in [6.07, 6.45) is 1.93. The minimum atomic E-state index is 0.672. The lowest BCUT2D eigenvalue weighted by Crippen LogP contribution is -2.09. The van der Waals surface area contributed by atoms with E-state index in [1.54, 1.807) is 0 Å². The normalized spacial score (nSPS) is 10.4. The number of ether oxygens (including phenoxy) is 1. The Hall–Kier alpha value is -2.14. The lowest BCUT2D eigenvalue weighted by Gasteiger charge is -2.07. The molecule has 5 heteroatoms. The van der Waals surface area contributed by atoms with Gasteiger partial charge in [-0.3, -0.25) is 0 Å². The van der Waals surface area contributed by atoms with Gasteiger partial charge in [0.25, 0.3) is 0 Å². The fourth-order valence-corrected chi connectivity index (χ4v) is 1.84. The third-order valence-corrected chi connectivity index (χ3v) is 2.97. The summed E-state index contributed by atoms with van der Waals surface area (Å²) in [7, 11) is 0. The zero-order valence-corrected chi connectivity index (χ0v) is 12.4. The Labute approximate surface area is 125 Å². The van der Waals surface area contributed by atoms with E-state index in [-0.39, 0.29) is 0 Å². The van der Waals surface area contributed by atoms with Crippen LogP contribution in [0.15, 0.2) is 36.4 Å². The molecule has 0 bridgehead atoms. The van der Waals surface area contributed by atoms with Gasteiger partial charge in [0, 0.05) is 12.1 Å². The molecule has 0 saturated carbocycles. The predicted octanol–water partition coefficient (Wildman–Crippen LogP) is 2.69. The van der Waals surface area contributed by atoms with Crippen LogP contribution < -0.4 is 15.8 Å². The summed E-state index contributed by atoms with van der Waals surface area (Å²) in [5, 5.41) is 11.6. The maximum absolute atomic E-state index is 5.56. The molecule has 0 aliphatic rings. The van der Waals surface area contributed by atoms with Gasteiger partial charge in [0.05, 0.1) is 12.3 Å². The number of hydrogen-bond acceptors (Lipinski definition) is 5. The molecule has 1 aromatic heterocycles. The van der Waals surface area contributed by atoms with Crippen LogP contribution in [0.4, 0.5) is 5.82 Å². The Bertz CT molecular complexity index is 525. The minimum Gasteiger partial charge on any atom is -0.494 e.